The van der Waals surface area contributed by atoms with Gasteiger partial charge in [0.2, 0.25) is 0 Å². The van der Waals surface area contributed by atoms with E-state index in [1.165, 1.54) is 30.5 Å². The SMILES string of the molecule is C=CCOc1ccc(/C=N\NC(=O)C(=O)Nc2ccc(F)cc2)cc1. The Morgan fingerprint density at radius 2 is 1.76 bits per heavy atom. The van der Waals surface area contributed by atoms with Gasteiger partial charge in [-0.2, -0.15) is 5.10 Å². The van der Waals surface area contributed by atoms with Crippen molar-refractivity contribution < 1.29 is 18.7 Å². The minimum absolute atomic E-state index is 0.306. The average Bonchev–Trinajstić information content (AvgIpc) is 2.62. The van der Waals surface area contributed by atoms with E-state index in [2.05, 4.69) is 22.4 Å². The van der Waals surface area contributed by atoms with Crippen LogP contribution in [0.25, 0.3) is 0 Å². The lowest BCUT2D eigenvalue weighted by Crippen LogP contribution is -2.32. The molecular weight excluding hydrogens is 325 g/mol. The Balaban J connectivity index is 1.83. The summed E-state index contributed by atoms with van der Waals surface area (Å²) in [7, 11) is 0. The largest absolute Gasteiger partial charge is 0.490 e. The van der Waals surface area contributed by atoms with Gasteiger partial charge in [0.05, 0.1) is 6.21 Å². The molecule has 0 aliphatic rings. The first-order valence-corrected chi connectivity index (χ1v) is 7.32. The summed E-state index contributed by atoms with van der Waals surface area (Å²) in [5.41, 5.74) is 3.13. The van der Waals surface area contributed by atoms with Crippen LogP contribution in [0.3, 0.4) is 0 Å². The van der Waals surface area contributed by atoms with Crippen LogP contribution in [0, 0.1) is 5.82 Å². The summed E-state index contributed by atoms with van der Waals surface area (Å²) in [6.07, 6.45) is 3.03. The molecule has 0 fully saturated rings. The normalized spacial score (nSPS) is 10.3. The van der Waals surface area contributed by atoms with E-state index in [9.17, 15) is 14.0 Å². The molecule has 2 aromatic carbocycles. The zero-order valence-corrected chi connectivity index (χ0v) is 13.2. The second-order valence-electron chi connectivity index (χ2n) is 4.83. The van der Waals surface area contributed by atoms with Crippen LogP contribution in [-0.4, -0.2) is 24.6 Å². The summed E-state index contributed by atoms with van der Waals surface area (Å²) < 4.78 is 18.1. The fraction of sp³-hybridized carbons (Fsp3) is 0.0556. The van der Waals surface area contributed by atoms with Gasteiger partial charge in [-0.15, -0.1) is 0 Å². The van der Waals surface area contributed by atoms with Crippen LogP contribution in [0.1, 0.15) is 5.56 Å². The molecular formula is C18H16FN3O3. The van der Waals surface area contributed by atoms with Crippen LogP contribution in [-0.2, 0) is 9.59 Å². The summed E-state index contributed by atoms with van der Waals surface area (Å²) in [6, 6.07) is 12.0. The van der Waals surface area contributed by atoms with Gasteiger partial charge in [-0.1, -0.05) is 12.7 Å². The summed E-state index contributed by atoms with van der Waals surface area (Å²) in [4.78, 5) is 23.3. The number of ether oxygens (including phenoxy) is 1. The Bertz CT molecular complexity index is 771. The van der Waals surface area contributed by atoms with E-state index in [-0.39, 0.29) is 0 Å². The second kappa shape index (κ2) is 8.97. The molecule has 2 amide bonds. The monoisotopic (exact) mass is 341 g/mol. The fourth-order valence-electron chi connectivity index (χ4n) is 1.74. The number of hydrogen-bond acceptors (Lipinski definition) is 4. The second-order valence-corrected chi connectivity index (χ2v) is 4.83. The van der Waals surface area contributed by atoms with Crippen LogP contribution >= 0.6 is 0 Å². The number of nitrogens with one attached hydrogen (secondary N) is 2. The summed E-state index contributed by atoms with van der Waals surface area (Å²) in [6.45, 7) is 3.97. The molecule has 0 heterocycles. The topological polar surface area (TPSA) is 79.8 Å². The van der Waals surface area contributed by atoms with Crippen LogP contribution in [0.15, 0.2) is 66.3 Å². The Labute approximate surface area is 144 Å². The number of nitrogens with zero attached hydrogens (tertiary/aromatic N) is 1. The molecule has 0 unspecified atom stereocenters. The molecule has 2 N–H and O–H groups in total. The van der Waals surface area contributed by atoms with Gasteiger partial charge < -0.3 is 10.1 Å². The van der Waals surface area contributed by atoms with E-state index in [0.29, 0.717) is 23.6 Å². The molecule has 0 saturated heterocycles. The zero-order valence-electron chi connectivity index (χ0n) is 13.2. The summed E-state index contributed by atoms with van der Waals surface area (Å²) in [5.74, 6) is -1.60. The van der Waals surface area contributed by atoms with Crippen molar-refractivity contribution in [3.8, 4) is 5.75 Å². The first-order chi connectivity index (χ1) is 12.1. The van der Waals surface area contributed by atoms with Crippen molar-refractivity contribution in [2.75, 3.05) is 11.9 Å². The molecule has 0 atom stereocenters. The Hall–Kier alpha value is -3.48. The standard InChI is InChI=1S/C18H16FN3O3/c1-2-11-25-16-9-3-13(4-10-16)12-20-22-18(24)17(23)21-15-7-5-14(19)6-8-15/h2-10,12H,1,11H2,(H,21,23)(H,22,24)/b20-12-. The van der Waals surface area contributed by atoms with Crippen molar-refractivity contribution in [3.63, 3.8) is 0 Å². The van der Waals surface area contributed by atoms with E-state index in [0.717, 1.165) is 0 Å². The minimum atomic E-state index is -0.938. The van der Waals surface area contributed by atoms with E-state index in [1.54, 1.807) is 30.3 Å². The molecule has 0 radical (unpaired) electrons. The zero-order chi connectivity index (χ0) is 18.1. The minimum Gasteiger partial charge on any atom is -0.490 e. The van der Waals surface area contributed by atoms with Crippen molar-refractivity contribution in [2.45, 2.75) is 0 Å². The lowest BCUT2D eigenvalue weighted by molar-refractivity contribution is -0.136. The maximum atomic E-state index is 12.8. The predicted octanol–water partition coefficient (Wildman–Crippen LogP) is 2.48. The lowest BCUT2D eigenvalue weighted by atomic mass is 10.2. The third-order valence-corrected chi connectivity index (χ3v) is 2.94. The van der Waals surface area contributed by atoms with E-state index >= 15 is 0 Å². The molecule has 0 spiro atoms. The van der Waals surface area contributed by atoms with Gasteiger partial charge in [0.1, 0.15) is 18.2 Å². The van der Waals surface area contributed by atoms with Crippen LogP contribution in [0.4, 0.5) is 10.1 Å². The number of anilines is 1. The molecule has 0 bridgehead atoms. The molecule has 6 nitrogen and oxygen atoms in total. The highest BCUT2D eigenvalue weighted by Gasteiger charge is 2.12. The number of amides is 2. The maximum Gasteiger partial charge on any atom is 0.329 e. The van der Waals surface area contributed by atoms with Gasteiger partial charge in [-0.3, -0.25) is 9.59 Å². The van der Waals surface area contributed by atoms with Gasteiger partial charge in [-0.05, 0) is 54.1 Å². The number of benzene rings is 2. The molecule has 0 aliphatic heterocycles. The van der Waals surface area contributed by atoms with Crippen LogP contribution < -0.4 is 15.5 Å². The summed E-state index contributed by atoms with van der Waals surface area (Å²) >= 11 is 0. The predicted molar refractivity (Wildman–Crippen MR) is 92.9 cm³/mol. The molecule has 7 heteroatoms. The average molecular weight is 341 g/mol. The highest BCUT2D eigenvalue weighted by atomic mass is 19.1. The van der Waals surface area contributed by atoms with Crippen molar-refractivity contribution in [1.82, 2.24) is 5.43 Å². The van der Waals surface area contributed by atoms with Crippen molar-refractivity contribution in [2.24, 2.45) is 5.10 Å². The summed E-state index contributed by atoms with van der Waals surface area (Å²) in [5, 5.41) is 6.04. The number of hydrogen-bond donors (Lipinski definition) is 2. The van der Waals surface area contributed by atoms with Crippen LogP contribution in [0.2, 0.25) is 0 Å². The maximum absolute atomic E-state index is 12.8. The Morgan fingerprint density at radius 1 is 1.08 bits per heavy atom. The van der Waals surface area contributed by atoms with Crippen molar-refractivity contribution in [1.29, 1.82) is 0 Å². The third kappa shape index (κ3) is 5.91. The highest BCUT2D eigenvalue weighted by Crippen LogP contribution is 2.11. The Kier molecular flexibility index (Phi) is 6.41. The smallest absolute Gasteiger partial charge is 0.329 e. The van der Waals surface area contributed by atoms with Crippen molar-refractivity contribution >= 4 is 23.7 Å². The molecule has 128 valence electrons. The Morgan fingerprint density at radius 3 is 2.40 bits per heavy atom. The van der Waals surface area contributed by atoms with E-state index < -0.39 is 17.6 Å². The highest BCUT2D eigenvalue weighted by molar-refractivity contribution is 6.39. The van der Waals surface area contributed by atoms with Crippen LogP contribution in [0.5, 0.6) is 5.75 Å². The van der Waals surface area contributed by atoms with Gasteiger partial charge in [0.15, 0.2) is 0 Å². The first kappa shape index (κ1) is 17.9. The number of carbonyl (C=O) groups excluding carboxylic acids is 2. The number of hydrazone groups is 1. The van der Waals surface area contributed by atoms with E-state index in [4.69, 9.17) is 4.74 Å². The molecule has 0 aliphatic carbocycles. The van der Waals surface area contributed by atoms with Gasteiger partial charge in [-0.25, -0.2) is 9.82 Å². The third-order valence-electron chi connectivity index (χ3n) is 2.94. The van der Waals surface area contributed by atoms with Gasteiger partial charge >= 0.3 is 11.8 Å². The molecule has 0 saturated carbocycles. The first-order valence-electron chi connectivity index (χ1n) is 7.32. The lowest BCUT2D eigenvalue weighted by Gasteiger charge is -2.04. The number of carbonyl (C=O) groups is 2. The quantitative estimate of drug-likeness (QED) is 0.367. The number of halogens is 1. The van der Waals surface area contributed by atoms with E-state index in [1.807, 2.05) is 0 Å². The fourth-order valence-corrected chi connectivity index (χ4v) is 1.74. The molecule has 2 aromatic rings. The number of rotatable bonds is 6. The molecule has 2 rings (SSSR count). The van der Waals surface area contributed by atoms with Crippen molar-refractivity contribution in [3.05, 3.63) is 72.6 Å². The van der Waals surface area contributed by atoms with Gasteiger partial charge in [0, 0.05) is 5.69 Å². The molecule has 25 heavy (non-hydrogen) atoms. The molecule has 0 aromatic heterocycles. The van der Waals surface area contributed by atoms with Gasteiger partial charge in [0.25, 0.3) is 0 Å².